The summed E-state index contributed by atoms with van der Waals surface area (Å²) in [5, 5.41) is 2.66. The lowest BCUT2D eigenvalue weighted by Crippen LogP contribution is -2.42. The second-order valence-electron chi connectivity index (χ2n) is 9.14. The van der Waals surface area contributed by atoms with E-state index in [1.165, 1.54) is 6.07 Å². The van der Waals surface area contributed by atoms with Gasteiger partial charge in [0.2, 0.25) is 0 Å². The summed E-state index contributed by atoms with van der Waals surface area (Å²) in [4.78, 5) is 46.2. The number of carbonyl (C=O) groups excluding carboxylic acids is 3. The Morgan fingerprint density at radius 2 is 1.86 bits per heavy atom. The number of esters is 1. The third-order valence-corrected chi connectivity index (χ3v) is 5.17. The topological polar surface area (TPSA) is 136 Å². The number of H-pyrrole nitrogens is 1. The van der Waals surface area contributed by atoms with Crippen molar-refractivity contribution < 1.29 is 23.9 Å². The normalized spacial score (nSPS) is 12.2. The monoisotopic (exact) mass is 479 g/mol. The number of Topliss-reactive ketones (excluding diaryl/α,β-unsaturated/α-hetero) is 1. The molecule has 1 aromatic heterocycles. The number of imidazole rings is 1. The molecule has 3 aromatic rings. The van der Waals surface area contributed by atoms with Crippen LogP contribution in [0, 0.1) is 6.33 Å². The molecule has 0 bridgehead atoms. The highest BCUT2D eigenvalue weighted by Gasteiger charge is 2.30. The van der Waals surface area contributed by atoms with Gasteiger partial charge < -0.3 is 25.5 Å². The number of carbonyl (C=O) groups is 3. The first-order valence-corrected chi connectivity index (χ1v) is 11.5. The number of aromatic nitrogens is 2. The summed E-state index contributed by atoms with van der Waals surface area (Å²) in [6.45, 7) is 5.74. The number of rotatable bonds is 10. The molecule has 2 aromatic carbocycles. The van der Waals surface area contributed by atoms with E-state index in [9.17, 15) is 14.4 Å². The number of amides is 1. The van der Waals surface area contributed by atoms with E-state index in [1.807, 2.05) is 30.3 Å². The zero-order valence-corrected chi connectivity index (χ0v) is 20.2. The fraction of sp³-hybridized carbons (Fsp3) is 0.385. The largest absolute Gasteiger partial charge is 0.456 e. The van der Waals surface area contributed by atoms with E-state index >= 15 is 0 Å². The summed E-state index contributed by atoms with van der Waals surface area (Å²) in [5.74, 6) is -1.12. The third-order valence-electron chi connectivity index (χ3n) is 5.17. The van der Waals surface area contributed by atoms with Gasteiger partial charge in [0.1, 0.15) is 17.7 Å². The number of aromatic amines is 1. The number of nitrogens with two attached hydrogens (primary N) is 1. The van der Waals surface area contributed by atoms with Gasteiger partial charge in [-0.1, -0.05) is 30.3 Å². The Morgan fingerprint density at radius 3 is 2.54 bits per heavy atom. The maximum Gasteiger partial charge on any atom is 0.408 e. The van der Waals surface area contributed by atoms with E-state index in [0.717, 1.165) is 5.56 Å². The second-order valence-corrected chi connectivity index (χ2v) is 9.14. The lowest BCUT2D eigenvalue weighted by atomic mass is 9.94. The van der Waals surface area contributed by atoms with Crippen molar-refractivity contribution in [3.63, 3.8) is 0 Å². The standard InChI is InChI=1S/C26H31N4O5/c1-26(2,3)35-24(32)21-18(12-13-19-22(21)29-16-28-19)23(31)20(11-7-8-14-27)30-25(33)34-15-17-9-5-4-6-10-17/h4-6,9-10,12-13,20H,7-8,11,14-15,27H2,1-3H3,(H,28,29)(H,30,33)/t20-/m0/s1. The van der Waals surface area contributed by atoms with Crippen LogP contribution in [-0.2, 0) is 16.1 Å². The van der Waals surface area contributed by atoms with Crippen LogP contribution in [0.4, 0.5) is 4.79 Å². The Hall–Kier alpha value is -3.72. The molecule has 0 saturated heterocycles. The molecule has 0 fully saturated rings. The van der Waals surface area contributed by atoms with Crippen molar-refractivity contribution in [2.45, 2.75) is 58.3 Å². The Bertz CT molecular complexity index is 1170. The van der Waals surface area contributed by atoms with Gasteiger partial charge in [-0.2, -0.15) is 0 Å². The van der Waals surface area contributed by atoms with Crippen LogP contribution in [0.3, 0.4) is 0 Å². The number of benzene rings is 2. The van der Waals surface area contributed by atoms with Crippen molar-refractivity contribution in [1.29, 1.82) is 0 Å². The summed E-state index contributed by atoms with van der Waals surface area (Å²) in [7, 11) is 0. The van der Waals surface area contributed by atoms with Crippen molar-refractivity contribution in [1.82, 2.24) is 15.3 Å². The number of hydrogen-bond donors (Lipinski definition) is 3. The van der Waals surface area contributed by atoms with Gasteiger partial charge in [-0.05, 0) is 64.3 Å². The second kappa shape index (κ2) is 11.6. The summed E-state index contributed by atoms with van der Waals surface area (Å²) in [6, 6.07) is 11.5. The molecular formula is C26H31N4O5. The number of hydrogen-bond acceptors (Lipinski definition) is 7. The third kappa shape index (κ3) is 7.13. The molecule has 35 heavy (non-hydrogen) atoms. The number of alkyl carbamates (subject to hydrolysis) is 1. The van der Waals surface area contributed by atoms with Crippen LogP contribution in [0.5, 0.6) is 0 Å². The molecule has 0 aliphatic rings. The molecule has 4 N–H and O–H groups in total. The molecule has 0 saturated carbocycles. The van der Waals surface area contributed by atoms with Crippen LogP contribution in [-0.4, -0.2) is 46.0 Å². The Kier molecular flexibility index (Phi) is 8.59. The fourth-order valence-electron chi connectivity index (χ4n) is 3.55. The molecule has 3 rings (SSSR count). The Balaban J connectivity index is 1.87. The molecule has 0 spiro atoms. The molecule has 1 atom stereocenters. The first kappa shape index (κ1) is 25.9. The molecule has 0 unspecified atom stereocenters. The predicted octanol–water partition coefficient (Wildman–Crippen LogP) is 3.93. The highest BCUT2D eigenvalue weighted by atomic mass is 16.6. The zero-order chi connectivity index (χ0) is 25.4. The molecule has 0 aliphatic carbocycles. The molecule has 1 amide bonds. The van der Waals surface area contributed by atoms with Crippen molar-refractivity contribution >= 4 is 28.9 Å². The predicted molar refractivity (Wildman–Crippen MR) is 131 cm³/mol. The zero-order valence-electron chi connectivity index (χ0n) is 20.2. The molecule has 9 nitrogen and oxygen atoms in total. The maximum absolute atomic E-state index is 13.6. The van der Waals surface area contributed by atoms with Crippen LogP contribution in [0.2, 0.25) is 0 Å². The van der Waals surface area contributed by atoms with Crippen LogP contribution < -0.4 is 11.1 Å². The first-order chi connectivity index (χ1) is 16.7. The van der Waals surface area contributed by atoms with Gasteiger partial charge in [0.15, 0.2) is 12.1 Å². The summed E-state index contributed by atoms with van der Waals surface area (Å²) < 4.78 is 10.9. The lowest BCUT2D eigenvalue weighted by molar-refractivity contribution is 0.00697. The van der Waals surface area contributed by atoms with Crippen molar-refractivity contribution in [2.75, 3.05) is 6.54 Å². The van der Waals surface area contributed by atoms with Crippen LogP contribution in [0.25, 0.3) is 11.0 Å². The Labute approximate surface area is 204 Å². The van der Waals surface area contributed by atoms with Crippen molar-refractivity contribution in [3.8, 4) is 0 Å². The van der Waals surface area contributed by atoms with Crippen LogP contribution in [0.15, 0.2) is 42.5 Å². The molecule has 1 heterocycles. The van der Waals surface area contributed by atoms with Gasteiger partial charge in [0.25, 0.3) is 0 Å². The minimum Gasteiger partial charge on any atom is -0.456 e. The van der Waals surface area contributed by atoms with E-state index in [1.54, 1.807) is 26.8 Å². The smallest absolute Gasteiger partial charge is 0.408 e. The average molecular weight is 480 g/mol. The lowest BCUT2D eigenvalue weighted by Gasteiger charge is -2.22. The SMILES string of the molecule is CC(C)(C)OC(=O)c1c(C(=O)[C@H](CCCCN)NC(=O)OCc2ccccc2)ccc2[nH][c]nc12. The summed E-state index contributed by atoms with van der Waals surface area (Å²) >= 11 is 0. The number of ether oxygens (including phenoxy) is 2. The number of fused-ring (bicyclic) bond motifs is 1. The fourth-order valence-corrected chi connectivity index (χ4v) is 3.55. The minimum atomic E-state index is -0.925. The van der Waals surface area contributed by atoms with E-state index in [4.69, 9.17) is 15.2 Å². The summed E-state index contributed by atoms with van der Waals surface area (Å²) in [5.41, 5.74) is 6.61. The number of nitrogens with one attached hydrogen (secondary N) is 2. The van der Waals surface area contributed by atoms with E-state index in [0.29, 0.717) is 31.3 Å². The van der Waals surface area contributed by atoms with Gasteiger partial charge in [-0.25, -0.2) is 14.6 Å². The molecule has 9 heteroatoms. The molecule has 185 valence electrons. The van der Waals surface area contributed by atoms with Crippen molar-refractivity contribution in [2.24, 2.45) is 5.73 Å². The van der Waals surface area contributed by atoms with Gasteiger partial charge >= 0.3 is 12.1 Å². The minimum absolute atomic E-state index is 0.0307. The van der Waals surface area contributed by atoms with Gasteiger partial charge in [0.05, 0.1) is 17.1 Å². The van der Waals surface area contributed by atoms with Crippen LogP contribution in [0.1, 0.15) is 66.3 Å². The number of unbranched alkanes of at least 4 members (excludes halogenated alkanes) is 1. The Morgan fingerprint density at radius 1 is 1.11 bits per heavy atom. The van der Waals surface area contributed by atoms with Crippen LogP contribution >= 0.6 is 0 Å². The van der Waals surface area contributed by atoms with Gasteiger partial charge in [0, 0.05) is 5.56 Å². The highest BCUT2D eigenvalue weighted by Crippen LogP contribution is 2.25. The quantitative estimate of drug-likeness (QED) is 0.228. The maximum atomic E-state index is 13.6. The first-order valence-electron chi connectivity index (χ1n) is 11.5. The molecule has 1 radical (unpaired) electrons. The van der Waals surface area contributed by atoms with E-state index in [-0.39, 0.29) is 23.3 Å². The summed E-state index contributed by atoms with van der Waals surface area (Å²) in [6.07, 6.45) is 3.48. The highest BCUT2D eigenvalue weighted by molar-refractivity contribution is 6.14. The van der Waals surface area contributed by atoms with Crippen molar-refractivity contribution in [3.05, 3.63) is 65.5 Å². The number of nitrogens with zero attached hydrogens (tertiary/aromatic N) is 1. The van der Waals surface area contributed by atoms with E-state index < -0.39 is 29.5 Å². The molecule has 0 aliphatic heterocycles. The van der Waals surface area contributed by atoms with Gasteiger partial charge in [-0.3, -0.25) is 4.79 Å². The van der Waals surface area contributed by atoms with Gasteiger partial charge in [-0.15, -0.1) is 0 Å². The number of ketones is 1. The van der Waals surface area contributed by atoms with E-state index in [2.05, 4.69) is 21.6 Å². The molecular weight excluding hydrogens is 448 g/mol. The average Bonchev–Trinajstić information content (AvgIpc) is 3.29.